The molecule has 1 aromatic heterocycles. The lowest BCUT2D eigenvalue weighted by atomic mass is 10.1. The van der Waals surface area contributed by atoms with E-state index in [1.807, 2.05) is 0 Å². The van der Waals surface area contributed by atoms with E-state index >= 15 is 0 Å². The van der Waals surface area contributed by atoms with Crippen LogP contribution in [0.2, 0.25) is 0 Å². The molecule has 1 saturated carbocycles. The van der Waals surface area contributed by atoms with Crippen LogP contribution in [0.3, 0.4) is 0 Å². The van der Waals surface area contributed by atoms with E-state index in [4.69, 9.17) is 0 Å². The molecule has 1 aliphatic rings. The number of rotatable bonds is 6. The smallest absolute Gasteiger partial charge is 0.0547 e. The van der Waals surface area contributed by atoms with Gasteiger partial charge in [0.25, 0.3) is 0 Å². The van der Waals surface area contributed by atoms with Crippen molar-refractivity contribution in [1.29, 1.82) is 0 Å². The lowest BCUT2D eigenvalue weighted by molar-refractivity contribution is 0.231. The molecule has 2 rings (SSSR count). The molecule has 0 radical (unpaired) electrons. The van der Waals surface area contributed by atoms with Crippen molar-refractivity contribution < 1.29 is 0 Å². The third kappa shape index (κ3) is 3.52. The van der Waals surface area contributed by atoms with Crippen LogP contribution in [0.15, 0.2) is 18.2 Å². The minimum Gasteiger partial charge on any atom is -0.297 e. The van der Waals surface area contributed by atoms with Crippen LogP contribution in [0.4, 0.5) is 0 Å². The Balaban J connectivity index is 1.95. The van der Waals surface area contributed by atoms with Gasteiger partial charge in [-0.15, -0.1) is 0 Å². The number of hydrogen-bond donors (Lipinski definition) is 0. The summed E-state index contributed by atoms with van der Waals surface area (Å²) in [4.78, 5) is 7.09. The minimum absolute atomic E-state index is 0.555. The second kappa shape index (κ2) is 5.49. The van der Waals surface area contributed by atoms with E-state index in [9.17, 15) is 0 Å². The molecule has 0 N–H and O–H groups in total. The Labute approximate surface area is 113 Å². The van der Waals surface area contributed by atoms with Crippen molar-refractivity contribution >= 4 is 15.9 Å². The maximum Gasteiger partial charge on any atom is 0.0547 e. The fraction of sp³-hybridized carbons (Fsp3) is 0.643. The first-order valence-corrected chi connectivity index (χ1v) is 7.50. The molecule has 2 nitrogen and oxygen atoms in total. The Morgan fingerprint density at radius 3 is 2.71 bits per heavy atom. The average molecular weight is 297 g/mol. The molecule has 1 fully saturated rings. The van der Waals surface area contributed by atoms with E-state index in [1.165, 1.54) is 25.1 Å². The van der Waals surface area contributed by atoms with Crippen LogP contribution >= 0.6 is 15.9 Å². The predicted molar refractivity (Wildman–Crippen MR) is 75.4 cm³/mol. The number of aromatic nitrogens is 1. The van der Waals surface area contributed by atoms with E-state index < -0.39 is 0 Å². The van der Waals surface area contributed by atoms with Crippen LogP contribution < -0.4 is 0 Å². The van der Waals surface area contributed by atoms with Crippen LogP contribution in [0.25, 0.3) is 0 Å². The van der Waals surface area contributed by atoms with Crippen LogP contribution in [-0.2, 0) is 6.54 Å². The normalized spacial score (nSPS) is 17.4. The third-order valence-electron chi connectivity index (χ3n) is 3.58. The van der Waals surface area contributed by atoms with Crippen molar-refractivity contribution in [3.63, 3.8) is 0 Å². The van der Waals surface area contributed by atoms with Crippen LogP contribution in [-0.4, -0.2) is 28.3 Å². The van der Waals surface area contributed by atoms with Crippen LogP contribution in [0.1, 0.15) is 31.2 Å². The quantitative estimate of drug-likeness (QED) is 0.748. The van der Waals surface area contributed by atoms with Gasteiger partial charge < -0.3 is 0 Å². The van der Waals surface area contributed by atoms with Gasteiger partial charge in [-0.25, -0.2) is 0 Å². The highest BCUT2D eigenvalue weighted by Gasteiger charge is 2.42. The summed E-state index contributed by atoms with van der Waals surface area (Å²) in [5, 5.41) is 1.14. The number of halogens is 1. The first-order valence-electron chi connectivity index (χ1n) is 6.38. The van der Waals surface area contributed by atoms with E-state index in [0.29, 0.717) is 5.41 Å². The van der Waals surface area contributed by atoms with Gasteiger partial charge in [-0.3, -0.25) is 9.88 Å². The monoisotopic (exact) mass is 296 g/mol. The molecule has 0 aromatic carbocycles. The molecule has 1 aromatic rings. The Morgan fingerprint density at radius 2 is 2.18 bits per heavy atom. The molecule has 0 unspecified atom stereocenters. The van der Waals surface area contributed by atoms with Gasteiger partial charge in [-0.05, 0) is 43.9 Å². The van der Waals surface area contributed by atoms with Crippen molar-refractivity contribution in [2.24, 2.45) is 5.41 Å². The Kier molecular flexibility index (Phi) is 4.21. The highest BCUT2D eigenvalue weighted by molar-refractivity contribution is 9.09. The molecule has 0 bridgehead atoms. The summed E-state index contributed by atoms with van der Waals surface area (Å²) in [5.41, 5.74) is 2.86. The fourth-order valence-corrected chi connectivity index (χ4v) is 2.92. The van der Waals surface area contributed by atoms with Crippen molar-refractivity contribution in [2.45, 2.75) is 33.2 Å². The highest BCUT2D eigenvalue weighted by Crippen LogP contribution is 2.47. The summed E-state index contributed by atoms with van der Waals surface area (Å²) in [5.74, 6) is 0. The molecule has 17 heavy (non-hydrogen) atoms. The topological polar surface area (TPSA) is 16.1 Å². The second-order valence-electron chi connectivity index (χ2n) is 5.21. The summed E-state index contributed by atoms with van der Waals surface area (Å²) in [6.45, 7) is 7.57. The molecule has 3 heteroatoms. The predicted octanol–water partition coefficient (Wildman–Crippen LogP) is 3.39. The standard InChI is InChI=1S/C14H21BrN2/c1-3-17(11-14(10-15)7-8-14)9-13-6-4-5-12(2)16-13/h4-6H,3,7-11H2,1-2H3. The zero-order chi connectivity index (χ0) is 12.3. The Morgan fingerprint density at radius 1 is 1.41 bits per heavy atom. The van der Waals surface area contributed by atoms with Crippen LogP contribution in [0, 0.1) is 12.3 Å². The van der Waals surface area contributed by atoms with E-state index in [1.54, 1.807) is 0 Å². The van der Waals surface area contributed by atoms with Gasteiger partial charge in [0, 0.05) is 24.1 Å². The number of hydrogen-bond acceptors (Lipinski definition) is 2. The minimum atomic E-state index is 0.555. The summed E-state index contributed by atoms with van der Waals surface area (Å²) in [6.07, 6.45) is 2.74. The van der Waals surface area contributed by atoms with Crippen molar-refractivity contribution in [1.82, 2.24) is 9.88 Å². The van der Waals surface area contributed by atoms with Gasteiger partial charge in [0.15, 0.2) is 0 Å². The van der Waals surface area contributed by atoms with Gasteiger partial charge >= 0.3 is 0 Å². The van der Waals surface area contributed by atoms with Gasteiger partial charge in [-0.1, -0.05) is 28.9 Å². The summed E-state index contributed by atoms with van der Waals surface area (Å²) >= 11 is 3.65. The molecule has 0 saturated heterocycles. The van der Waals surface area contributed by atoms with Gasteiger partial charge in [-0.2, -0.15) is 0 Å². The zero-order valence-corrected chi connectivity index (χ0v) is 12.3. The zero-order valence-electron chi connectivity index (χ0n) is 10.7. The first kappa shape index (κ1) is 13.0. The summed E-state index contributed by atoms with van der Waals surface area (Å²) < 4.78 is 0. The number of aryl methyl sites for hydroxylation is 1. The molecule has 0 aliphatic heterocycles. The lowest BCUT2D eigenvalue weighted by Gasteiger charge is -2.24. The first-order chi connectivity index (χ1) is 8.17. The fourth-order valence-electron chi connectivity index (χ4n) is 2.18. The average Bonchev–Trinajstić information content (AvgIpc) is 3.09. The molecular weight excluding hydrogens is 276 g/mol. The Hall–Kier alpha value is -0.410. The molecule has 1 heterocycles. The molecule has 94 valence electrons. The van der Waals surface area contributed by atoms with Gasteiger partial charge in [0.05, 0.1) is 5.69 Å². The van der Waals surface area contributed by atoms with Crippen molar-refractivity contribution in [2.75, 3.05) is 18.4 Å². The van der Waals surface area contributed by atoms with Crippen molar-refractivity contribution in [3.05, 3.63) is 29.6 Å². The van der Waals surface area contributed by atoms with Gasteiger partial charge in [0.1, 0.15) is 0 Å². The largest absolute Gasteiger partial charge is 0.297 e. The van der Waals surface area contributed by atoms with Gasteiger partial charge in [0.2, 0.25) is 0 Å². The molecule has 0 amide bonds. The van der Waals surface area contributed by atoms with Crippen molar-refractivity contribution in [3.8, 4) is 0 Å². The number of alkyl halides is 1. The maximum absolute atomic E-state index is 4.58. The van der Waals surface area contributed by atoms with E-state index in [0.717, 1.165) is 24.1 Å². The SMILES string of the molecule is CCN(Cc1cccc(C)n1)CC1(CBr)CC1. The summed E-state index contributed by atoms with van der Waals surface area (Å²) in [6, 6.07) is 6.28. The molecule has 0 spiro atoms. The lowest BCUT2D eigenvalue weighted by Crippen LogP contribution is -2.31. The third-order valence-corrected chi connectivity index (χ3v) is 4.77. The van der Waals surface area contributed by atoms with Crippen LogP contribution in [0.5, 0.6) is 0 Å². The molecule has 1 aliphatic carbocycles. The maximum atomic E-state index is 4.58. The second-order valence-corrected chi connectivity index (χ2v) is 5.77. The molecular formula is C14H21BrN2. The Bertz CT molecular complexity index is 374. The number of nitrogens with zero attached hydrogens (tertiary/aromatic N) is 2. The van der Waals surface area contributed by atoms with E-state index in [-0.39, 0.29) is 0 Å². The highest BCUT2D eigenvalue weighted by atomic mass is 79.9. The van der Waals surface area contributed by atoms with E-state index in [2.05, 4.69) is 57.9 Å². The summed E-state index contributed by atoms with van der Waals surface area (Å²) in [7, 11) is 0. The molecule has 0 atom stereocenters. The number of pyridine rings is 1.